The molecule has 1 unspecified atom stereocenters. The van der Waals surface area contributed by atoms with Crippen LogP contribution in [0.15, 0.2) is 29.2 Å². The van der Waals surface area contributed by atoms with Crippen LogP contribution in [-0.2, 0) is 10.0 Å². The summed E-state index contributed by atoms with van der Waals surface area (Å²) in [5.41, 5.74) is 0.485. The van der Waals surface area contributed by atoms with E-state index < -0.39 is 10.0 Å². The summed E-state index contributed by atoms with van der Waals surface area (Å²) in [6.45, 7) is 5.64. The van der Waals surface area contributed by atoms with E-state index in [9.17, 15) is 13.2 Å². The molecule has 2 rings (SSSR count). The summed E-state index contributed by atoms with van der Waals surface area (Å²) in [7, 11) is -1.95. The zero-order chi connectivity index (χ0) is 16.5. The normalized spacial score (nSPS) is 16.8. The third kappa shape index (κ3) is 3.67. The monoisotopic (exact) mass is 324 g/mol. The van der Waals surface area contributed by atoms with E-state index in [-0.39, 0.29) is 22.9 Å². The van der Waals surface area contributed by atoms with E-state index in [1.807, 2.05) is 20.8 Å². The predicted molar refractivity (Wildman–Crippen MR) is 86.2 cm³/mol. The van der Waals surface area contributed by atoms with E-state index in [4.69, 9.17) is 0 Å². The SMILES string of the molecule is CC(NC(=O)c1ccc(S(=O)(=O)N(C)C(C)C)cc1)C1CC1. The lowest BCUT2D eigenvalue weighted by molar-refractivity contribution is 0.0935. The first-order chi connectivity index (χ1) is 10.2. The summed E-state index contributed by atoms with van der Waals surface area (Å²) in [5.74, 6) is 0.434. The molecule has 1 aromatic carbocycles. The molecular formula is C16H24N2O3S. The number of hydrogen-bond acceptors (Lipinski definition) is 3. The molecule has 0 spiro atoms. The second-order valence-electron chi connectivity index (χ2n) is 6.24. The van der Waals surface area contributed by atoms with Crippen molar-refractivity contribution in [1.82, 2.24) is 9.62 Å². The first-order valence-electron chi connectivity index (χ1n) is 7.62. The van der Waals surface area contributed by atoms with Gasteiger partial charge in [0.15, 0.2) is 0 Å². The number of amides is 1. The van der Waals surface area contributed by atoms with Crippen LogP contribution < -0.4 is 5.32 Å². The molecule has 6 heteroatoms. The fourth-order valence-electron chi connectivity index (χ4n) is 2.23. The van der Waals surface area contributed by atoms with Crippen LogP contribution in [-0.4, -0.2) is 37.8 Å². The van der Waals surface area contributed by atoms with Crippen LogP contribution in [0.4, 0.5) is 0 Å². The standard InChI is InChI=1S/C16H24N2O3S/c1-11(2)18(4)22(20,21)15-9-7-14(8-10-15)16(19)17-12(3)13-5-6-13/h7-13H,5-6H2,1-4H3,(H,17,19). The van der Waals surface area contributed by atoms with Gasteiger partial charge < -0.3 is 5.32 Å². The van der Waals surface area contributed by atoms with Crippen molar-refractivity contribution in [1.29, 1.82) is 0 Å². The van der Waals surface area contributed by atoms with Crippen molar-refractivity contribution in [2.45, 2.75) is 50.6 Å². The van der Waals surface area contributed by atoms with Gasteiger partial charge >= 0.3 is 0 Å². The average Bonchev–Trinajstić information content (AvgIpc) is 3.31. The molecule has 1 amide bonds. The summed E-state index contributed by atoms with van der Waals surface area (Å²) >= 11 is 0. The summed E-state index contributed by atoms with van der Waals surface area (Å²) in [5, 5.41) is 2.96. The fraction of sp³-hybridized carbons (Fsp3) is 0.562. The number of hydrogen-bond donors (Lipinski definition) is 1. The maximum absolute atomic E-state index is 12.4. The van der Waals surface area contributed by atoms with Gasteiger partial charge in [0.05, 0.1) is 4.90 Å². The van der Waals surface area contributed by atoms with Crippen LogP contribution in [0, 0.1) is 5.92 Å². The van der Waals surface area contributed by atoms with Gasteiger partial charge in [0.1, 0.15) is 0 Å². The molecule has 1 aliphatic carbocycles. The van der Waals surface area contributed by atoms with Gasteiger partial charge in [-0.05, 0) is 63.8 Å². The van der Waals surface area contributed by atoms with Crippen LogP contribution >= 0.6 is 0 Å². The van der Waals surface area contributed by atoms with Crippen LogP contribution in [0.25, 0.3) is 0 Å². The van der Waals surface area contributed by atoms with Crippen molar-refractivity contribution in [3.05, 3.63) is 29.8 Å². The minimum atomic E-state index is -3.51. The smallest absolute Gasteiger partial charge is 0.251 e. The summed E-state index contributed by atoms with van der Waals surface area (Å²) in [6, 6.07) is 6.16. The molecule has 1 saturated carbocycles. The van der Waals surface area contributed by atoms with E-state index in [0.29, 0.717) is 11.5 Å². The number of carbonyl (C=O) groups excluding carboxylic acids is 1. The molecule has 5 nitrogen and oxygen atoms in total. The predicted octanol–water partition coefficient (Wildman–Crippen LogP) is 2.24. The summed E-state index contributed by atoms with van der Waals surface area (Å²) in [6.07, 6.45) is 2.33. The molecule has 1 aliphatic rings. The molecule has 0 radical (unpaired) electrons. The Hall–Kier alpha value is -1.40. The highest BCUT2D eigenvalue weighted by molar-refractivity contribution is 7.89. The van der Waals surface area contributed by atoms with E-state index in [1.54, 1.807) is 19.2 Å². The zero-order valence-electron chi connectivity index (χ0n) is 13.5. The van der Waals surface area contributed by atoms with Crippen molar-refractivity contribution in [2.24, 2.45) is 5.92 Å². The Morgan fingerprint density at radius 2 is 1.73 bits per heavy atom. The Labute approximate surface area is 132 Å². The first-order valence-corrected chi connectivity index (χ1v) is 9.06. The van der Waals surface area contributed by atoms with Crippen LogP contribution in [0.2, 0.25) is 0 Å². The van der Waals surface area contributed by atoms with E-state index in [1.165, 1.54) is 29.3 Å². The highest BCUT2D eigenvalue weighted by atomic mass is 32.2. The number of carbonyl (C=O) groups is 1. The highest BCUT2D eigenvalue weighted by Gasteiger charge is 2.29. The molecule has 122 valence electrons. The van der Waals surface area contributed by atoms with Gasteiger partial charge in [-0.1, -0.05) is 0 Å². The van der Waals surface area contributed by atoms with Crippen LogP contribution in [0.1, 0.15) is 44.0 Å². The number of benzene rings is 1. The minimum Gasteiger partial charge on any atom is -0.349 e. The van der Waals surface area contributed by atoms with Crippen molar-refractivity contribution in [3.63, 3.8) is 0 Å². The van der Waals surface area contributed by atoms with E-state index >= 15 is 0 Å². The molecule has 0 saturated heterocycles. The molecule has 1 aromatic rings. The van der Waals surface area contributed by atoms with E-state index in [0.717, 1.165) is 0 Å². The second kappa shape index (κ2) is 6.38. The third-order valence-electron chi connectivity index (χ3n) is 4.21. The molecule has 0 aliphatic heterocycles. The van der Waals surface area contributed by atoms with Crippen molar-refractivity contribution in [3.8, 4) is 0 Å². The zero-order valence-corrected chi connectivity index (χ0v) is 14.4. The van der Waals surface area contributed by atoms with Gasteiger partial charge in [-0.15, -0.1) is 0 Å². The lowest BCUT2D eigenvalue weighted by Crippen LogP contribution is -2.34. The molecular weight excluding hydrogens is 300 g/mol. The van der Waals surface area contributed by atoms with Gasteiger partial charge in [-0.2, -0.15) is 4.31 Å². The molecule has 1 N–H and O–H groups in total. The maximum Gasteiger partial charge on any atom is 0.251 e. The molecule has 0 bridgehead atoms. The largest absolute Gasteiger partial charge is 0.349 e. The van der Waals surface area contributed by atoms with Gasteiger partial charge in [-0.3, -0.25) is 4.79 Å². The third-order valence-corrected chi connectivity index (χ3v) is 6.26. The van der Waals surface area contributed by atoms with Crippen molar-refractivity contribution >= 4 is 15.9 Å². The van der Waals surface area contributed by atoms with E-state index in [2.05, 4.69) is 5.32 Å². The Morgan fingerprint density at radius 3 is 2.18 bits per heavy atom. The van der Waals surface area contributed by atoms with Crippen LogP contribution in [0.3, 0.4) is 0 Å². The Bertz CT molecular complexity index is 634. The molecule has 0 aromatic heterocycles. The quantitative estimate of drug-likeness (QED) is 0.873. The van der Waals surface area contributed by atoms with Crippen molar-refractivity contribution in [2.75, 3.05) is 7.05 Å². The van der Waals surface area contributed by atoms with Crippen LogP contribution in [0.5, 0.6) is 0 Å². The summed E-state index contributed by atoms with van der Waals surface area (Å²) in [4.78, 5) is 12.3. The first kappa shape index (κ1) is 17.0. The van der Waals surface area contributed by atoms with Gasteiger partial charge in [0.25, 0.3) is 5.91 Å². The lowest BCUT2D eigenvalue weighted by Gasteiger charge is -2.21. The Morgan fingerprint density at radius 1 is 1.18 bits per heavy atom. The Balaban J connectivity index is 2.11. The molecule has 22 heavy (non-hydrogen) atoms. The van der Waals surface area contributed by atoms with Gasteiger partial charge in [-0.25, -0.2) is 8.42 Å². The molecule has 0 heterocycles. The fourth-order valence-corrected chi connectivity index (χ4v) is 3.59. The van der Waals surface area contributed by atoms with Gasteiger partial charge in [0.2, 0.25) is 10.0 Å². The number of nitrogens with one attached hydrogen (secondary N) is 1. The molecule has 1 fully saturated rings. The Kier molecular flexibility index (Phi) is 4.92. The topological polar surface area (TPSA) is 66.5 Å². The number of rotatable bonds is 6. The molecule has 1 atom stereocenters. The number of nitrogens with zero attached hydrogens (tertiary/aromatic N) is 1. The van der Waals surface area contributed by atoms with Crippen molar-refractivity contribution < 1.29 is 13.2 Å². The minimum absolute atomic E-state index is 0.118. The summed E-state index contributed by atoms with van der Waals surface area (Å²) < 4.78 is 26.0. The maximum atomic E-state index is 12.4. The average molecular weight is 324 g/mol. The second-order valence-corrected chi connectivity index (χ2v) is 8.24. The highest BCUT2D eigenvalue weighted by Crippen LogP contribution is 2.32. The number of sulfonamides is 1. The van der Waals surface area contributed by atoms with Gasteiger partial charge in [0, 0.05) is 24.7 Å². The lowest BCUT2D eigenvalue weighted by atomic mass is 10.1.